The number of aryl methyl sites for hydroxylation is 1. The van der Waals surface area contributed by atoms with Crippen LogP contribution in [0.4, 0.5) is 5.00 Å². The summed E-state index contributed by atoms with van der Waals surface area (Å²) >= 11 is 7.31. The fraction of sp³-hybridized carbons (Fsp3) is 0.435. The van der Waals surface area contributed by atoms with Crippen LogP contribution in [-0.2, 0) is 14.3 Å². The molecular weight excluding hydrogens is 438 g/mol. The maximum atomic E-state index is 13.2. The molecule has 0 unspecified atom stereocenters. The second kappa shape index (κ2) is 8.63. The second-order valence-corrected chi connectivity index (χ2v) is 9.84. The number of carboxylic acid groups (broad SMARTS) is 1. The number of hydrogen-bond acceptors (Lipinski definition) is 5. The number of halogens is 1. The first-order valence-corrected chi connectivity index (χ1v) is 11.6. The smallest absolute Gasteiger partial charge is 0.341 e. The summed E-state index contributed by atoms with van der Waals surface area (Å²) in [7, 11) is 0. The number of carboxylic acids is 1. The lowest BCUT2D eigenvalue weighted by atomic mass is 9.78. The van der Waals surface area contributed by atoms with Gasteiger partial charge in [0, 0.05) is 15.5 Å². The topological polar surface area (TPSA) is 92.7 Å². The van der Waals surface area contributed by atoms with E-state index in [0.29, 0.717) is 21.2 Å². The Morgan fingerprint density at radius 2 is 1.81 bits per heavy atom. The molecule has 2 aliphatic rings. The molecule has 1 amide bonds. The zero-order valence-electron chi connectivity index (χ0n) is 17.3. The van der Waals surface area contributed by atoms with Gasteiger partial charge in [0.25, 0.3) is 0 Å². The Bertz CT molecular complexity index is 1030. The van der Waals surface area contributed by atoms with Crippen molar-refractivity contribution >= 4 is 45.8 Å². The maximum Gasteiger partial charge on any atom is 0.341 e. The number of carbonyl (C=O) groups excluding carboxylic acids is 2. The molecule has 6 nitrogen and oxygen atoms in total. The van der Waals surface area contributed by atoms with Gasteiger partial charge >= 0.3 is 11.9 Å². The molecule has 8 heteroatoms. The molecule has 2 saturated carbocycles. The van der Waals surface area contributed by atoms with Gasteiger partial charge in [-0.15, -0.1) is 11.3 Å². The van der Waals surface area contributed by atoms with E-state index < -0.39 is 23.8 Å². The van der Waals surface area contributed by atoms with Gasteiger partial charge in [-0.2, -0.15) is 0 Å². The summed E-state index contributed by atoms with van der Waals surface area (Å²) in [5.74, 6) is -2.87. The van der Waals surface area contributed by atoms with E-state index in [1.54, 1.807) is 19.1 Å². The summed E-state index contributed by atoms with van der Waals surface area (Å²) in [6, 6.07) is 7.13. The minimum absolute atomic E-state index is 0.0532. The summed E-state index contributed by atoms with van der Waals surface area (Å²) in [6.07, 6.45) is 2.51. The van der Waals surface area contributed by atoms with Crippen molar-refractivity contribution < 1.29 is 24.2 Å². The van der Waals surface area contributed by atoms with Gasteiger partial charge in [0.2, 0.25) is 5.91 Å². The van der Waals surface area contributed by atoms with E-state index in [0.717, 1.165) is 29.7 Å². The monoisotopic (exact) mass is 461 g/mol. The molecule has 2 N–H and O–H groups in total. The first kappa shape index (κ1) is 21.8. The van der Waals surface area contributed by atoms with Crippen LogP contribution in [0.25, 0.3) is 11.1 Å². The lowest BCUT2D eigenvalue weighted by Gasteiger charge is -2.26. The van der Waals surface area contributed by atoms with E-state index in [4.69, 9.17) is 16.3 Å². The van der Waals surface area contributed by atoms with Crippen LogP contribution in [0.2, 0.25) is 5.02 Å². The van der Waals surface area contributed by atoms with Gasteiger partial charge < -0.3 is 15.2 Å². The maximum absolute atomic E-state index is 13.2. The highest BCUT2D eigenvalue weighted by Crippen LogP contribution is 2.53. The van der Waals surface area contributed by atoms with E-state index in [2.05, 4.69) is 5.32 Å². The Labute approximate surface area is 189 Å². The molecule has 2 aliphatic carbocycles. The Kier molecular flexibility index (Phi) is 6.08. The molecule has 1 heterocycles. The zero-order valence-corrected chi connectivity index (χ0v) is 18.9. The van der Waals surface area contributed by atoms with Gasteiger partial charge in [-0.3, -0.25) is 9.59 Å². The summed E-state index contributed by atoms with van der Waals surface area (Å²) in [6.45, 7) is 3.81. The number of nitrogens with one attached hydrogen (secondary N) is 1. The van der Waals surface area contributed by atoms with Gasteiger partial charge in [-0.1, -0.05) is 23.7 Å². The van der Waals surface area contributed by atoms with E-state index in [-0.39, 0.29) is 24.3 Å². The van der Waals surface area contributed by atoms with Crippen molar-refractivity contribution in [1.29, 1.82) is 0 Å². The minimum Gasteiger partial charge on any atom is -0.481 e. The number of carbonyl (C=O) groups is 3. The van der Waals surface area contributed by atoms with Crippen LogP contribution < -0.4 is 5.32 Å². The average molecular weight is 462 g/mol. The fourth-order valence-electron chi connectivity index (χ4n) is 5.21. The van der Waals surface area contributed by atoms with Crippen LogP contribution in [-0.4, -0.2) is 29.6 Å². The van der Waals surface area contributed by atoms with Gasteiger partial charge in [0.1, 0.15) is 10.6 Å². The Balaban J connectivity index is 1.70. The van der Waals surface area contributed by atoms with Crippen LogP contribution in [0.5, 0.6) is 0 Å². The van der Waals surface area contributed by atoms with Crippen LogP contribution in [0.1, 0.15) is 41.4 Å². The molecule has 31 heavy (non-hydrogen) atoms. The van der Waals surface area contributed by atoms with Gasteiger partial charge in [-0.05, 0) is 62.6 Å². The largest absolute Gasteiger partial charge is 0.481 e. The fourth-order valence-corrected chi connectivity index (χ4v) is 6.41. The number of fused-ring (bicyclic) bond motifs is 2. The Morgan fingerprint density at radius 3 is 2.42 bits per heavy atom. The molecule has 0 saturated heterocycles. The van der Waals surface area contributed by atoms with E-state index in [1.807, 2.05) is 19.1 Å². The number of rotatable bonds is 6. The van der Waals surface area contributed by atoms with Crippen molar-refractivity contribution in [2.45, 2.75) is 33.1 Å². The molecule has 2 fully saturated rings. The third kappa shape index (κ3) is 3.96. The number of ether oxygens (including phenoxy) is 1. The minimum atomic E-state index is -0.915. The summed E-state index contributed by atoms with van der Waals surface area (Å²) < 4.78 is 5.28. The molecule has 0 spiro atoms. The van der Waals surface area contributed by atoms with Gasteiger partial charge in [0.15, 0.2) is 0 Å². The van der Waals surface area contributed by atoms with Crippen molar-refractivity contribution in [2.24, 2.45) is 23.7 Å². The molecule has 4 atom stereocenters. The molecule has 0 aliphatic heterocycles. The van der Waals surface area contributed by atoms with Crippen molar-refractivity contribution in [3.8, 4) is 11.1 Å². The molecule has 2 bridgehead atoms. The molecule has 0 radical (unpaired) electrons. The van der Waals surface area contributed by atoms with Crippen molar-refractivity contribution in [3.05, 3.63) is 39.7 Å². The van der Waals surface area contributed by atoms with Crippen LogP contribution in [0.15, 0.2) is 24.3 Å². The number of thiophene rings is 1. The van der Waals surface area contributed by atoms with E-state index >= 15 is 0 Å². The lowest BCUT2D eigenvalue weighted by Crippen LogP contribution is -2.37. The van der Waals surface area contributed by atoms with Crippen molar-refractivity contribution in [1.82, 2.24) is 0 Å². The molecular formula is C23H24ClNO5S. The SMILES string of the molecule is CCOC(=O)c1c(NC(=O)[C@H]2[C@H]3CC[C@@H](C3)[C@@H]2C(=O)O)sc(C)c1-c1ccc(Cl)cc1. The molecule has 1 aromatic heterocycles. The zero-order chi connectivity index (χ0) is 22.3. The standard InChI is InChI=1S/C23H24ClNO5S/c1-3-30-23(29)19-16(12-6-8-15(24)9-7-12)11(2)31-21(19)25-20(26)17-13-4-5-14(10-13)18(17)22(27)28/h6-9,13-14,17-18H,3-5,10H2,1-2H3,(H,25,26)(H,27,28)/t13-,14-,17-,18-/m0/s1. The number of amides is 1. The van der Waals surface area contributed by atoms with Gasteiger partial charge in [-0.25, -0.2) is 4.79 Å². The predicted octanol–water partition coefficient (Wildman–Crippen LogP) is 5.24. The molecule has 164 valence electrons. The number of benzene rings is 1. The molecule has 4 rings (SSSR count). The first-order chi connectivity index (χ1) is 14.8. The highest BCUT2D eigenvalue weighted by atomic mass is 35.5. The highest BCUT2D eigenvalue weighted by molar-refractivity contribution is 7.17. The van der Waals surface area contributed by atoms with Crippen LogP contribution in [0, 0.1) is 30.6 Å². The first-order valence-electron chi connectivity index (χ1n) is 10.4. The van der Waals surface area contributed by atoms with E-state index in [1.165, 1.54) is 11.3 Å². The predicted molar refractivity (Wildman–Crippen MR) is 120 cm³/mol. The normalized spacial score (nSPS) is 24.2. The number of hydrogen-bond donors (Lipinski definition) is 2. The molecule has 1 aromatic carbocycles. The second-order valence-electron chi connectivity index (χ2n) is 8.18. The number of aliphatic carboxylic acids is 1. The summed E-state index contributed by atoms with van der Waals surface area (Å²) in [5.41, 5.74) is 1.79. The summed E-state index contributed by atoms with van der Waals surface area (Å²) in [4.78, 5) is 38.8. The molecule has 2 aromatic rings. The van der Waals surface area contributed by atoms with Crippen molar-refractivity contribution in [2.75, 3.05) is 11.9 Å². The van der Waals surface area contributed by atoms with E-state index in [9.17, 15) is 19.5 Å². The van der Waals surface area contributed by atoms with Crippen LogP contribution in [0.3, 0.4) is 0 Å². The third-order valence-electron chi connectivity index (χ3n) is 6.44. The van der Waals surface area contributed by atoms with Gasteiger partial charge in [0.05, 0.1) is 18.4 Å². The Hall–Kier alpha value is -2.38. The highest BCUT2D eigenvalue weighted by Gasteiger charge is 2.54. The average Bonchev–Trinajstić information content (AvgIpc) is 3.41. The third-order valence-corrected chi connectivity index (χ3v) is 7.71. The van der Waals surface area contributed by atoms with Crippen molar-refractivity contribution in [3.63, 3.8) is 0 Å². The Morgan fingerprint density at radius 1 is 1.16 bits per heavy atom. The van der Waals surface area contributed by atoms with Crippen LogP contribution >= 0.6 is 22.9 Å². The lowest BCUT2D eigenvalue weighted by molar-refractivity contribution is -0.148. The quantitative estimate of drug-likeness (QED) is 0.574. The number of anilines is 1. The summed E-state index contributed by atoms with van der Waals surface area (Å²) in [5, 5.41) is 13.6. The number of esters is 1.